The molecule has 0 bridgehead atoms. The second-order valence-corrected chi connectivity index (χ2v) is 6.08. The van der Waals surface area contributed by atoms with Gasteiger partial charge < -0.3 is 9.88 Å². The summed E-state index contributed by atoms with van der Waals surface area (Å²) in [4.78, 5) is 15.9. The van der Waals surface area contributed by atoms with Crippen LogP contribution >= 0.6 is 11.3 Å². The maximum Gasteiger partial charge on any atom is 0.179 e. The highest BCUT2D eigenvalue weighted by molar-refractivity contribution is 7.09. The molecule has 0 saturated carbocycles. The van der Waals surface area contributed by atoms with E-state index < -0.39 is 0 Å². The molecule has 104 valence electrons. The van der Waals surface area contributed by atoms with Crippen molar-refractivity contribution in [2.45, 2.75) is 19.3 Å². The van der Waals surface area contributed by atoms with Gasteiger partial charge in [0.1, 0.15) is 11.6 Å². The summed E-state index contributed by atoms with van der Waals surface area (Å²) in [5.41, 5.74) is 1.82. The highest BCUT2D eigenvalue weighted by Gasteiger charge is 2.06. The molecule has 0 aliphatic carbocycles. The summed E-state index contributed by atoms with van der Waals surface area (Å²) in [6.07, 6.45) is 3.19. The van der Waals surface area contributed by atoms with Gasteiger partial charge in [0.05, 0.1) is 5.52 Å². The molecule has 0 radical (unpaired) electrons. The van der Waals surface area contributed by atoms with Gasteiger partial charge in [0.2, 0.25) is 0 Å². The Balaban J connectivity index is 1.69. The standard InChI is InChI=1S/C15H18N4S/c1-19(2)14-9-8-12-15(18-14)17-13(16-12)7-3-5-11-6-4-10-20-11/h4,6,8-10H,3,5,7H2,1-2H3,(H,16,17,18). The van der Waals surface area contributed by atoms with Crippen molar-refractivity contribution in [2.24, 2.45) is 0 Å². The van der Waals surface area contributed by atoms with Crippen molar-refractivity contribution in [3.05, 3.63) is 40.3 Å². The molecule has 0 aliphatic rings. The van der Waals surface area contributed by atoms with Crippen LogP contribution in [0.5, 0.6) is 0 Å². The summed E-state index contributed by atoms with van der Waals surface area (Å²) in [5.74, 6) is 1.97. The minimum Gasteiger partial charge on any atom is -0.363 e. The number of H-pyrrole nitrogens is 1. The zero-order chi connectivity index (χ0) is 13.9. The quantitative estimate of drug-likeness (QED) is 0.783. The Hall–Kier alpha value is -1.88. The molecule has 0 unspecified atom stereocenters. The Morgan fingerprint density at radius 1 is 1.15 bits per heavy atom. The fourth-order valence-corrected chi connectivity index (χ4v) is 2.94. The number of anilines is 1. The molecule has 0 spiro atoms. The minimum atomic E-state index is 0.808. The highest BCUT2D eigenvalue weighted by atomic mass is 32.1. The Labute approximate surface area is 122 Å². The molecule has 0 fully saturated rings. The third-order valence-corrected chi connectivity index (χ3v) is 4.19. The zero-order valence-electron chi connectivity index (χ0n) is 11.8. The van der Waals surface area contributed by atoms with E-state index in [1.807, 2.05) is 42.5 Å². The summed E-state index contributed by atoms with van der Waals surface area (Å²) in [6.45, 7) is 0. The normalized spacial score (nSPS) is 11.1. The summed E-state index contributed by atoms with van der Waals surface area (Å²) in [7, 11) is 3.98. The van der Waals surface area contributed by atoms with E-state index in [-0.39, 0.29) is 0 Å². The molecule has 20 heavy (non-hydrogen) atoms. The van der Waals surface area contributed by atoms with Crippen molar-refractivity contribution in [2.75, 3.05) is 19.0 Å². The molecule has 3 aromatic heterocycles. The lowest BCUT2D eigenvalue weighted by Crippen LogP contribution is -2.10. The number of nitrogens with one attached hydrogen (secondary N) is 1. The van der Waals surface area contributed by atoms with Crippen molar-refractivity contribution in [3.8, 4) is 0 Å². The van der Waals surface area contributed by atoms with Crippen LogP contribution in [0, 0.1) is 0 Å². The fourth-order valence-electron chi connectivity index (χ4n) is 2.18. The predicted octanol–water partition coefficient (Wildman–Crippen LogP) is 3.26. The van der Waals surface area contributed by atoms with E-state index in [9.17, 15) is 0 Å². The van der Waals surface area contributed by atoms with Crippen LogP contribution in [0.3, 0.4) is 0 Å². The molecular weight excluding hydrogens is 268 g/mol. The lowest BCUT2D eigenvalue weighted by atomic mass is 10.2. The van der Waals surface area contributed by atoms with Crippen molar-refractivity contribution >= 4 is 28.3 Å². The van der Waals surface area contributed by atoms with Gasteiger partial charge in [-0.25, -0.2) is 9.97 Å². The van der Waals surface area contributed by atoms with Gasteiger partial charge in [0.25, 0.3) is 0 Å². The average molecular weight is 286 g/mol. The Morgan fingerprint density at radius 3 is 2.80 bits per heavy atom. The van der Waals surface area contributed by atoms with Gasteiger partial charge in [-0.15, -0.1) is 11.3 Å². The van der Waals surface area contributed by atoms with Crippen LogP contribution < -0.4 is 4.90 Å². The van der Waals surface area contributed by atoms with Gasteiger partial charge in [-0.05, 0) is 36.4 Å². The number of nitrogens with zero attached hydrogens (tertiary/aromatic N) is 3. The van der Waals surface area contributed by atoms with Gasteiger partial charge in [0.15, 0.2) is 5.65 Å². The van der Waals surface area contributed by atoms with E-state index in [0.717, 1.165) is 42.1 Å². The topological polar surface area (TPSA) is 44.8 Å². The van der Waals surface area contributed by atoms with Crippen LogP contribution in [0.1, 0.15) is 17.1 Å². The first kappa shape index (κ1) is 13.1. The molecule has 5 heteroatoms. The first-order valence-electron chi connectivity index (χ1n) is 6.78. The number of aromatic nitrogens is 3. The molecular formula is C15H18N4S. The second kappa shape index (κ2) is 5.63. The Bertz CT molecular complexity index is 685. The number of aromatic amines is 1. The van der Waals surface area contributed by atoms with Crippen LogP contribution in [0.4, 0.5) is 5.82 Å². The number of pyridine rings is 1. The van der Waals surface area contributed by atoms with E-state index in [4.69, 9.17) is 0 Å². The second-order valence-electron chi connectivity index (χ2n) is 5.05. The van der Waals surface area contributed by atoms with Crippen LogP contribution in [0.25, 0.3) is 11.2 Å². The lowest BCUT2D eigenvalue weighted by Gasteiger charge is -2.09. The van der Waals surface area contributed by atoms with Crippen molar-refractivity contribution in [3.63, 3.8) is 0 Å². The number of hydrogen-bond acceptors (Lipinski definition) is 4. The maximum atomic E-state index is 4.58. The highest BCUT2D eigenvalue weighted by Crippen LogP contribution is 2.16. The molecule has 3 heterocycles. The number of thiophene rings is 1. The van der Waals surface area contributed by atoms with E-state index in [0.29, 0.717) is 0 Å². The fraction of sp³-hybridized carbons (Fsp3) is 0.333. The van der Waals surface area contributed by atoms with Crippen LogP contribution in [-0.2, 0) is 12.8 Å². The van der Waals surface area contributed by atoms with Crippen molar-refractivity contribution < 1.29 is 0 Å². The Morgan fingerprint density at radius 2 is 2.05 bits per heavy atom. The van der Waals surface area contributed by atoms with E-state index in [1.165, 1.54) is 4.88 Å². The largest absolute Gasteiger partial charge is 0.363 e. The maximum absolute atomic E-state index is 4.58. The van der Waals surface area contributed by atoms with Crippen LogP contribution in [0.2, 0.25) is 0 Å². The number of imidazole rings is 1. The molecule has 0 amide bonds. The summed E-state index contributed by atoms with van der Waals surface area (Å²) < 4.78 is 0. The van der Waals surface area contributed by atoms with Gasteiger partial charge in [-0.1, -0.05) is 6.07 Å². The van der Waals surface area contributed by atoms with Crippen molar-refractivity contribution in [1.82, 2.24) is 15.0 Å². The molecule has 3 aromatic rings. The Kier molecular flexibility index (Phi) is 3.69. The molecule has 0 aliphatic heterocycles. The molecule has 3 rings (SSSR count). The van der Waals surface area contributed by atoms with Gasteiger partial charge in [-0.2, -0.15) is 0 Å². The van der Waals surface area contributed by atoms with Crippen molar-refractivity contribution in [1.29, 1.82) is 0 Å². The molecule has 4 nitrogen and oxygen atoms in total. The molecule has 0 atom stereocenters. The summed E-state index contributed by atoms with van der Waals surface area (Å²) in [6, 6.07) is 8.35. The first-order valence-corrected chi connectivity index (χ1v) is 7.66. The van der Waals surface area contributed by atoms with Gasteiger partial charge >= 0.3 is 0 Å². The number of fused-ring (bicyclic) bond motifs is 1. The van der Waals surface area contributed by atoms with E-state index >= 15 is 0 Å². The molecule has 0 aromatic carbocycles. The van der Waals surface area contributed by atoms with Crippen LogP contribution in [0.15, 0.2) is 29.6 Å². The van der Waals surface area contributed by atoms with Gasteiger partial charge in [0, 0.05) is 25.4 Å². The lowest BCUT2D eigenvalue weighted by molar-refractivity contribution is 0.793. The smallest absolute Gasteiger partial charge is 0.179 e. The predicted molar refractivity (Wildman–Crippen MR) is 84.6 cm³/mol. The number of hydrogen-bond donors (Lipinski definition) is 1. The average Bonchev–Trinajstić information content (AvgIpc) is 3.06. The third-order valence-electron chi connectivity index (χ3n) is 3.26. The zero-order valence-corrected chi connectivity index (χ0v) is 12.6. The summed E-state index contributed by atoms with van der Waals surface area (Å²) in [5, 5.41) is 2.13. The number of aryl methyl sites for hydroxylation is 2. The SMILES string of the molecule is CN(C)c1ccc2[nH]c(CCCc3cccs3)nc2n1. The minimum absolute atomic E-state index is 0.808. The van der Waals surface area contributed by atoms with E-state index in [1.54, 1.807) is 0 Å². The van der Waals surface area contributed by atoms with E-state index in [2.05, 4.69) is 32.5 Å². The number of rotatable bonds is 5. The first-order chi connectivity index (χ1) is 9.72. The van der Waals surface area contributed by atoms with Gasteiger partial charge in [-0.3, -0.25) is 0 Å². The molecule has 0 saturated heterocycles. The van der Waals surface area contributed by atoms with Crippen LogP contribution in [-0.4, -0.2) is 29.0 Å². The summed E-state index contributed by atoms with van der Waals surface area (Å²) >= 11 is 1.82. The monoisotopic (exact) mass is 286 g/mol. The molecule has 1 N–H and O–H groups in total. The third kappa shape index (κ3) is 2.82.